The smallest absolute Gasteiger partial charge is 0.315 e. The molecule has 0 bridgehead atoms. The molecule has 2 atom stereocenters. The fourth-order valence-electron chi connectivity index (χ4n) is 2.25. The molecule has 1 rings (SSSR count). The molecule has 0 aromatic heterocycles. The summed E-state index contributed by atoms with van der Waals surface area (Å²) in [5, 5.41) is 15.0. The fraction of sp³-hybridized carbons (Fsp3) is 0.917. The highest BCUT2D eigenvalue weighted by Crippen LogP contribution is 2.23. The lowest BCUT2D eigenvalue weighted by atomic mass is 9.85. The molecular formula is C12H24N2O3. The van der Waals surface area contributed by atoms with E-state index in [1.807, 2.05) is 0 Å². The van der Waals surface area contributed by atoms with E-state index < -0.39 is 0 Å². The van der Waals surface area contributed by atoms with E-state index in [9.17, 15) is 9.90 Å². The molecule has 0 heterocycles. The van der Waals surface area contributed by atoms with Crippen LogP contribution < -0.4 is 10.6 Å². The van der Waals surface area contributed by atoms with E-state index >= 15 is 0 Å². The molecule has 1 aliphatic carbocycles. The minimum absolute atomic E-state index is 0.121. The molecule has 1 fully saturated rings. The number of methoxy groups -OCH3 is 1. The van der Waals surface area contributed by atoms with Crippen molar-refractivity contribution in [1.29, 1.82) is 0 Å². The van der Waals surface area contributed by atoms with Crippen LogP contribution in [0.4, 0.5) is 4.79 Å². The van der Waals surface area contributed by atoms with Crippen molar-refractivity contribution in [1.82, 2.24) is 10.6 Å². The van der Waals surface area contributed by atoms with Crippen LogP contribution in [0.5, 0.6) is 0 Å². The fourth-order valence-corrected chi connectivity index (χ4v) is 2.25. The van der Waals surface area contributed by atoms with Crippen molar-refractivity contribution in [3.63, 3.8) is 0 Å². The number of rotatable bonds is 6. The van der Waals surface area contributed by atoms with Crippen molar-refractivity contribution >= 4 is 6.03 Å². The zero-order valence-corrected chi connectivity index (χ0v) is 10.6. The van der Waals surface area contributed by atoms with Gasteiger partial charge in [0.15, 0.2) is 0 Å². The number of carbonyl (C=O) groups excluding carboxylic acids is 1. The monoisotopic (exact) mass is 244 g/mol. The third-order valence-corrected chi connectivity index (χ3v) is 3.27. The molecule has 1 saturated carbocycles. The first kappa shape index (κ1) is 14.3. The minimum Gasteiger partial charge on any atom is -0.396 e. The van der Waals surface area contributed by atoms with Crippen molar-refractivity contribution in [2.24, 2.45) is 5.92 Å². The third kappa shape index (κ3) is 5.37. The average Bonchev–Trinajstić information content (AvgIpc) is 2.35. The van der Waals surface area contributed by atoms with Gasteiger partial charge in [0.2, 0.25) is 0 Å². The Morgan fingerprint density at radius 2 is 2.18 bits per heavy atom. The Hall–Kier alpha value is -0.810. The number of urea groups is 1. The van der Waals surface area contributed by atoms with Crippen molar-refractivity contribution in [2.45, 2.75) is 38.1 Å². The summed E-state index contributed by atoms with van der Waals surface area (Å²) in [4.78, 5) is 11.6. The van der Waals surface area contributed by atoms with Crippen LogP contribution in [0.2, 0.25) is 0 Å². The summed E-state index contributed by atoms with van der Waals surface area (Å²) in [6, 6.07) is -0.0115. The molecule has 1 aliphatic rings. The molecule has 3 N–H and O–H groups in total. The van der Waals surface area contributed by atoms with Crippen LogP contribution in [-0.2, 0) is 4.74 Å². The summed E-state index contributed by atoms with van der Waals surface area (Å²) < 4.78 is 4.90. The molecule has 0 radical (unpaired) electrons. The van der Waals surface area contributed by atoms with Gasteiger partial charge in [0.1, 0.15) is 0 Å². The van der Waals surface area contributed by atoms with Gasteiger partial charge in [-0.05, 0) is 19.3 Å². The Morgan fingerprint density at radius 1 is 1.41 bits per heavy atom. The van der Waals surface area contributed by atoms with Gasteiger partial charge in [-0.2, -0.15) is 0 Å². The van der Waals surface area contributed by atoms with E-state index in [2.05, 4.69) is 10.6 Å². The molecule has 0 spiro atoms. The number of ether oxygens (including phenoxy) is 1. The summed E-state index contributed by atoms with van der Waals surface area (Å²) in [6.45, 7) is 1.44. The van der Waals surface area contributed by atoms with Crippen molar-refractivity contribution in [2.75, 3.05) is 26.9 Å². The maximum atomic E-state index is 11.6. The molecule has 0 aromatic carbocycles. The highest BCUT2D eigenvalue weighted by atomic mass is 16.5. The number of carbonyl (C=O) groups is 1. The summed E-state index contributed by atoms with van der Waals surface area (Å²) in [7, 11) is 1.65. The molecule has 5 heteroatoms. The van der Waals surface area contributed by atoms with Crippen LogP contribution in [0.3, 0.4) is 0 Å². The molecule has 2 unspecified atom stereocenters. The molecule has 2 amide bonds. The van der Waals surface area contributed by atoms with Crippen LogP contribution in [0, 0.1) is 5.92 Å². The molecular weight excluding hydrogens is 220 g/mol. The molecule has 100 valence electrons. The van der Waals surface area contributed by atoms with Crippen LogP contribution in [0.15, 0.2) is 0 Å². The summed E-state index contributed by atoms with van der Waals surface area (Å²) in [5.74, 6) is 0.216. The van der Waals surface area contributed by atoms with Crippen molar-refractivity contribution < 1.29 is 14.6 Å². The number of hydrogen-bond acceptors (Lipinski definition) is 3. The quantitative estimate of drug-likeness (QED) is 0.607. The second-order valence-electron chi connectivity index (χ2n) is 4.58. The van der Waals surface area contributed by atoms with Gasteiger partial charge in [-0.15, -0.1) is 0 Å². The van der Waals surface area contributed by atoms with Gasteiger partial charge in [-0.1, -0.05) is 12.8 Å². The summed E-state index contributed by atoms with van der Waals surface area (Å²) in [6.07, 6.45) is 5.07. The van der Waals surface area contributed by atoms with Crippen molar-refractivity contribution in [3.05, 3.63) is 0 Å². The molecule has 0 saturated heterocycles. The van der Waals surface area contributed by atoms with Crippen LogP contribution >= 0.6 is 0 Å². The van der Waals surface area contributed by atoms with E-state index in [1.54, 1.807) is 7.11 Å². The van der Waals surface area contributed by atoms with E-state index in [1.165, 1.54) is 0 Å². The van der Waals surface area contributed by atoms with Crippen molar-refractivity contribution in [3.8, 4) is 0 Å². The van der Waals surface area contributed by atoms with Gasteiger partial charge in [-0.3, -0.25) is 0 Å². The van der Waals surface area contributed by atoms with E-state index in [4.69, 9.17) is 4.74 Å². The minimum atomic E-state index is -0.133. The second-order valence-corrected chi connectivity index (χ2v) is 4.58. The number of hydrogen-bond donors (Lipinski definition) is 3. The lowest BCUT2D eigenvalue weighted by Crippen LogP contribution is -2.47. The van der Waals surface area contributed by atoms with Gasteiger partial charge in [0, 0.05) is 38.8 Å². The zero-order chi connectivity index (χ0) is 12.5. The lowest BCUT2D eigenvalue weighted by molar-refractivity contribution is 0.153. The van der Waals surface area contributed by atoms with E-state index in [0.717, 1.165) is 32.1 Å². The first-order chi connectivity index (χ1) is 8.27. The number of aliphatic hydroxyl groups is 1. The Balaban J connectivity index is 2.19. The number of aliphatic hydroxyl groups excluding tert-OH is 1. The lowest BCUT2D eigenvalue weighted by Gasteiger charge is -2.30. The van der Waals surface area contributed by atoms with Gasteiger partial charge < -0.3 is 20.5 Å². The topological polar surface area (TPSA) is 70.6 Å². The van der Waals surface area contributed by atoms with Gasteiger partial charge in [-0.25, -0.2) is 4.79 Å². The van der Waals surface area contributed by atoms with E-state index in [-0.39, 0.29) is 24.6 Å². The van der Waals surface area contributed by atoms with Gasteiger partial charge in [0.05, 0.1) is 0 Å². The maximum Gasteiger partial charge on any atom is 0.315 e. The van der Waals surface area contributed by atoms with E-state index in [0.29, 0.717) is 13.2 Å². The average molecular weight is 244 g/mol. The standard InChI is InChI=1S/C12H24N2O3/c1-17-8-4-7-13-12(16)14-11-6-3-2-5-10(11)9-15/h10-11,15H,2-9H2,1H3,(H2,13,14,16). The first-order valence-corrected chi connectivity index (χ1v) is 6.42. The summed E-state index contributed by atoms with van der Waals surface area (Å²) >= 11 is 0. The van der Waals surface area contributed by atoms with Crippen LogP contribution in [0.1, 0.15) is 32.1 Å². The van der Waals surface area contributed by atoms with Gasteiger partial charge >= 0.3 is 6.03 Å². The molecule has 0 aliphatic heterocycles. The Labute approximate surface area is 103 Å². The normalized spacial score (nSPS) is 24.4. The highest BCUT2D eigenvalue weighted by molar-refractivity contribution is 5.74. The largest absolute Gasteiger partial charge is 0.396 e. The Kier molecular flexibility index (Phi) is 6.96. The van der Waals surface area contributed by atoms with Gasteiger partial charge in [0.25, 0.3) is 0 Å². The van der Waals surface area contributed by atoms with Crippen LogP contribution in [-0.4, -0.2) is 44.0 Å². The zero-order valence-electron chi connectivity index (χ0n) is 10.6. The molecule has 17 heavy (non-hydrogen) atoms. The SMILES string of the molecule is COCCCNC(=O)NC1CCCCC1CO. The number of amides is 2. The second kappa shape index (κ2) is 8.31. The van der Waals surface area contributed by atoms with Crippen LogP contribution in [0.25, 0.3) is 0 Å². The first-order valence-electron chi connectivity index (χ1n) is 6.42. The predicted octanol–water partition coefficient (Wildman–Crippen LogP) is 0.873. The highest BCUT2D eigenvalue weighted by Gasteiger charge is 2.25. The number of nitrogens with one attached hydrogen (secondary N) is 2. The molecule has 0 aromatic rings. The predicted molar refractivity (Wildman–Crippen MR) is 65.9 cm³/mol. The third-order valence-electron chi connectivity index (χ3n) is 3.27. The Morgan fingerprint density at radius 3 is 2.88 bits per heavy atom. The Bertz CT molecular complexity index is 224. The molecule has 5 nitrogen and oxygen atoms in total. The summed E-state index contributed by atoms with van der Waals surface area (Å²) in [5.41, 5.74) is 0. The maximum absolute atomic E-state index is 11.6.